The Labute approximate surface area is 100 Å². The first kappa shape index (κ1) is 11.4. The van der Waals surface area contributed by atoms with Crippen LogP contribution in [0.5, 0.6) is 0 Å². The number of fused-ring (bicyclic) bond motifs is 1. The molecule has 0 aromatic heterocycles. The smallest absolute Gasteiger partial charge is 0.307 e. The fourth-order valence-corrected chi connectivity index (χ4v) is 2.10. The molecule has 86 valence electrons. The number of hydrogen-bond donors (Lipinski definition) is 1. The lowest BCUT2D eigenvalue weighted by atomic mass is 9.95. The van der Waals surface area contributed by atoms with Crippen LogP contribution < -0.4 is 0 Å². The number of carboxylic acid groups (broad SMARTS) is 1. The van der Waals surface area contributed by atoms with Crippen LogP contribution in [0.4, 0.5) is 0 Å². The molecule has 0 unspecified atom stereocenters. The lowest BCUT2D eigenvalue weighted by Crippen LogP contribution is -2.03. The molecule has 0 atom stereocenters. The Bertz CT molecular complexity index is 570. The minimum Gasteiger partial charge on any atom is -0.481 e. The van der Waals surface area contributed by atoms with Crippen LogP contribution in [-0.2, 0) is 17.6 Å². The van der Waals surface area contributed by atoms with Crippen LogP contribution in [-0.4, -0.2) is 11.1 Å². The van der Waals surface area contributed by atoms with Crippen molar-refractivity contribution in [1.82, 2.24) is 0 Å². The summed E-state index contributed by atoms with van der Waals surface area (Å²) in [7, 11) is 0. The van der Waals surface area contributed by atoms with Crippen molar-refractivity contribution in [3.63, 3.8) is 0 Å². The van der Waals surface area contributed by atoms with Crippen LogP contribution in [0.15, 0.2) is 49.1 Å². The van der Waals surface area contributed by atoms with Crippen molar-refractivity contribution >= 4 is 16.7 Å². The van der Waals surface area contributed by atoms with Gasteiger partial charge in [-0.15, -0.1) is 6.58 Å². The van der Waals surface area contributed by atoms with Gasteiger partial charge in [-0.2, -0.15) is 0 Å². The van der Waals surface area contributed by atoms with Crippen molar-refractivity contribution in [2.45, 2.75) is 12.8 Å². The van der Waals surface area contributed by atoms with Crippen molar-refractivity contribution < 1.29 is 9.90 Å². The Morgan fingerprint density at radius 3 is 2.71 bits per heavy atom. The van der Waals surface area contributed by atoms with Gasteiger partial charge < -0.3 is 5.11 Å². The molecule has 0 fully saturated rings. The number of allylic oxidation sites excluding steroid dienone is 1. The summed E-state index contributed by atoms with van der Waals surface area (Å²) < 4.78 is 0. The molecule has 2 aromatic rings. The van der Waals surface area contributed by atoms with E-state index in [2.05, 4.69) is 6.58 Å². The SMILES string of the molecule is C=CCc1c(CC(=O)O)ccc2ccccc12. The van der Waals surface area contributed by atoms with Crippen LogP contribution in [0.1, 0.15) is 11.1 Å². The van der Waals surface area contributed by atoms with Crippen molar-refractivity contribution in [3.05, 3.63) is 60.2 Å². The molecule has 2 heteroatoms. The Kier molecular flexibility index (Phi) is 3.24. The zero-order valence-corrected chi connectivity index (χ0v) is 9.52. The number of hydrogen-bond acceptors (Lipinski definition) is 1. The van der Waals surface area contributed by atoms with Crippen LogP contribution in [0, 0.1) is 0 Å². The zero-order chi connectivity index (χ0) is 12.3. The lowest BCUT2D eigenvalue weighted by Gasteiger charge is -2.10. The first-order chi connectivity index (χ1) is 8.22. The van der Waals surface area contributed by atoms with Gasteiger partial charge in [0.25, 0.3) is 0 Å². The Morgan fingerprint density at radius 2 is 2.00 bits per heavy atom. The van der Waals surface area contributed by atoms with Gasteiger partial charge in [0.15, 0.2) is 0 Å². The molecule has 17 heavy (non-hydrogen) atoms. The molecule has 0 aliphatic heterocycles. The minimum absolute atomic E-state index is 0.0635. The maximum Gasteiger partial charge on any atom is 0.307 e. The summed E-state index contributed by atoms with van der Waals surface area (Å²) >= 11 is 0. The third-order valence-electron chi connectivity index (χ3n) is 2.83. The van der Waals surface area contributed by atoms with Gasteiger partial charge in [0.05, 0.1) is 6.42 Å². The first-order valence-electron chi connectivity index (χ1n) is 5.54. The van der Waals surface area contributed by atoms with Crippen LogP contribution >= 0.6 is 0 Å². The second-order valence-corrected chi connectivity index (χ2v) is 3.99. The van der Waals surface area contributed by atoms with Gasteiger partial charge in [-0.1, -0.05) is 42.5 Å². The second-order valence-electron chi connectivity index (χ2n) is 3.99. The van der Waals surface area contributed by atoms with Crippen LogP contribution in [0.25, 0.3) is 10.8 Å². The third-order valence-corrected chi connectivity index (χ3v) is 2.83. The number of aliphatic carboxylic acids is 1. The molecule has 0 radical (unpaired) electrons. The average molecular weight is 226 g/mol. The predicted molar refractivity (Wildman–Crippen MR) is 69.2 cm³/mol. The van der Waals surface area contributed by atoms with E-state index in [0.29, 0.717) is 6.42 Å². The Hall–Kier alpha value is -2.09. The highest BCUT2D eigenvalue weighted by Crippen LogP contribution is 2.23. The molecule has 0 aliphatic carbocycles. The summed E-state index contributed by atoms with van der Waals surface area (Å²) in [5, 5.41) is 11.2. The summed E-state index contributed by atoms with van der Waals surface area (Å²) in [6, 6.07) is 11.9. The molecular formula is C15H14O2. The van der Waals surface area contributed by atoms with E-state index < -0.39 is 5.97 Å². The summed E-state index contributed by atoms with van der Waals surface area (Å²) in [5.74, 6) is -0.800. The monoisotopic (exact) mass is 226 g/mol. The number of carboxylic acids is 1. The first-order valence-corrected chi connectivity index (χ1v) is 5.54. The Balaban J connectivity index is 2.63. The molecule has 0 spiro atoms. The van der Waals surface area contributed by atoms with Gasteiger partial charge in [0.2, 0.25) is 0 Å². The second kappa shape index (κ2) is 4.83. The molecule has 2 aromatic carbocycles. The van der Waals surface area contributed by atoms with E-state index in [1.807, 2.05) is 42.5 Å². The molecule has 0 aliphatic rings. The summed E-state index contributed by atoms with van der Waals surface area (Å²) in [6.07, 6.45) is 2.57. The number of rotatable bonds is 4. The van der Waals surface area contributed by atoms with Gasteiger partial charge in [-0.3, -0.25) is 4.79 Å². The maximum atomic E-state index is 10.8. The molecule has 2 rings (SSSR count). The molecule has 1 N–H and O–H groups in total. The lowest BCUT2D eigenvalue weighted by molar-refractivity contribution is -0.136. The predicted octanol–water partition coefficient (Wildman–Crippen LogP) is 3.20. The van der Waals surface area contributed by atoms with Gasteiger partial charge in [0, 0.05) is 0 Å². The van der Waals surface area contributed by atoms with Crippen LogP contribution in [0.3, 0.4) is 0 Å². The van der Waals surface area contributed by atoms with Crippen molar-refractivity contribution in [3.8, 4) is 0 Å². The van der Waals surface area contributed by atoms with Crippen molar-refractivity contribution in [1.29, 1.82) is 0 Å². The van der Waals surface area contributed by atoms with E-state index in [9.17, 15) is 4.79 Å². The molecule has 0 amide bonds. The van der Waals surface area contributed by atoms with E-state index >= 15 is 0 Å². The van der Waals surface area contributed by atoms with Crippen molar-refractivity contribution in [2.75, 3.05) is 0 Å². The number of benzene rings is 2. The van der Waals surface area contributed by atoms with Crippen LogP contribution in [0.2, 0.25) is 0 Å². The molecule has 0 saturated heterocycles. The fourth-order valence-electron chi connectivity index (χ4n) is 2.10. The highest BCUT2D eigenvalue weighted by Gasteiger charge is 2.09. The van der Waals surface area contributed by atoms with E-state index in [0.717, 1.165) is 21.9 Å². The topological polar surface area (TPSA) is 37.3 Å². The average Bonchev–Trinajstić information content (AvgIpc) is 2.32. The van der Waals surface area contributed by atoms with E-state index in [1.54, 1.807) is 0 Å². The van der Waals surface area contributed by atoms with E-state index in [-0.39, 0.29) is 6.42 Å². The highest BCUT2D eigenvalue weighted by atomic mass is 16.4. The summed E-state index contributed by atoms with van der Waals surface area (Å²) in [4.78, 5) is 10.8. The molecule has 0 saturated carbocycles. The minimum atomic E-state index is -0.800. The zero-order valence-electron chi connectivity index (χ0n) is 9.52. The van der Waals surface area contributed by atoms with E-state index in [1.165, 1.54) is 0 Å². The standard InChI is InChI=1S/C15H14O2/c1-2-5-13-12(10-15(16)17)9-8-11-6-3-4-7-14(11)13/h2-4,6-9H,1,5,10H2,(H,16,17). The third kappa shape index (κ3) is 2.36. The quantitative estimate of drug-likeness (QED) is 0.813. The van der Waals surface area contributed by atoms with Gasteiger partial charge in [0.1, 0.15) is 0 Å². The molecule has 2 nitrogen and oxygen atoms in total. The molecule has 0 heterocycles. The summed E-state index contributed by atoms with van der Waals surface area (Å²) in [5.41, 5.74) is 1.94. The largest absolute Gasteiger partial charge is 0.481 e. The molecule has 0 bridgehead atoms. The van der Waals surface area contributed by atoms with Gasteiger partial charge in [-0.05, 0) is 28.3 Å². The summed E-state index contributed by atoms with van der Waals surface area (Å²) in [6.45, 7) is 3.74. The van der Waals surface area contributed by atoms with Gasteiger partial charge >= 0.3 is 5.97 Å². The fraction of sp³-hybridized carbons (Fsp3) is 0.133. The molecular weight excluding hydrogens is 212 g/mol. The highest BCUT2D eigenvalue weighted by molar-refractivity contribution is 5.88. The maximum absolute atomic E-state index is 10.8. The Morgan fingerprint density at radius 1 is 1.24 bits per heavy atom. The number of carbonyl (C=O) groups is 1. The van der Waals surface area contributed by atoms with Crippen molar-refractivity contribution in [2.24, 2.45) is 0 Å². The normalized spacial score (nSPS) is 10.4. The van der Waals surface area contributed by atoms with Gasteiger partial charge in [-0.25, -0.2) is 0 Å². The van der Waals surface area contributed by atoms with E-state index in [4.69, 9.17) is 5.11 Å².